The van der Waals surface area contributed by atoms with Gasteiger partial charge in [-0.25, -0.2) is 0 Å². The van der Waals surface area contributed by atoms with Crippen LogP contribution < -0.4 is 5.32 Å². The molecule has 3 rings (SSSR count). The molecule has 0 radical (unpaired) electrons. The topological polar surface area (TPSA) is 69.7 Å². The molecule has 156 valence electrons. The average Bonchev–Trinajstić information content (AvgIpc) is 2.92. The maximum Gasteiger partial charge on any atom is 0.282 e. The van der Waals surface area contributed by atoms with Crippen molar-refractivity contribution < 1.29 is 13.2 Å². The highest BCUT2D eigenvalue weighted by molar-refractivity contribution is 7.87. The second-order valence-electron chi connectivity index (χ2n) is 7.65. The normalized spacial score (nSPS) is 16.8. The Kier molecular flexibility index (Phi) is 6.41. The Labute approximate surface area is 173 Å². The van der Waals surface area contributed by atoms with Crippen LogP contribution in [0.25, 0.3) is 0 Å². The van der Waals surface area contributed by atoms with Gasteiger partial charge in [-0.15, -0.1) is 0 Å². The van der Waals surface area contributed by atoms with Crippen LogP contribution in [0.1, 0.15) is 34.7 Å². The van der Waals surface area contributed by atoms with Gasteiger partial charge in [0.1, 0.15) is 0 Å². The van der Waals surface area contributed by atoms with Gasteiger partial charge in [0.25, 0.3) is 10.2 Å². The molecular formula is C22H29N3O3S. The minimum Gasteiger partial charge on any atom is -0.325 e. The summed E-state index contributed by atoms with van der Waals surface area (Å²) in [6, 6.07) is 11.7. The second-order valence-corrected chi connectivity index (χ2v) is 9.58. The molecule has 6 nitrogen and oxygen atoms in total. The number of carbonyl (C=O) groups excluding carboxylic acids is 1. The van der Waals surface area contributed by atoms with Crippen LogP contribution in [0.15, 0.2) is 36.4 Å². The van der Waals surface area contributed by atoms with E-state index in [-0.39, 0.29) is 12.5 Å². The van der Waals surface area contributed by atoms with Gasteiger partial charge in [0.2, 0.25) is 5.91 Å². The monoisotopic (exact) mass is 415 g/mol. The largest absolute Gasteiger partial charge is 0.325 e. The van der Waals surface area contributed by atoms with Crippen LogP contribution in [0.2, 0.25) is 0 Å². The summed E-state index contributed by atoms with van der Waals surface area (Å²) in [5, 5.41) is 2.81. The van der Waals surface area contributed by atoms with Gasteiger partial charge < -0.3 is 5.32 Å². The zero-order valence-electron chi connectivity index (χ0n) is 17.5. The van der Waals surface area contributed by atoms with Gasteiger partial charge in [0.05, 0.1) is 6.54 Å². The van der Waals surface area contributed by atoms with Crippen LogP contribution in [0.5, 0.6) is 0 Å². The lowest BCUT2D eigenvalue weighted by molar-refractivity contribution is -0.116. The molecule has 1 N–H and O–H groups in total. The van der Waals surface area contributed by atoms with Gasteiger partial charge in [-0.2, -0.15) is 17.0 Å². The zero-order valence-corrected chi connectivity index (χ0v) is 18.3. The van der Waals surface area contributed by atoms with Gasteiger partial charge >= 0.3 is 0 Å². The van der Waals surface area contributed by atoms with Gasteiger partial charge in [0, 0.05) is 25.3 Å². The van der Waals surface area contributed by atoms with Crippen LogP contribution in [0.4, 0.5) is 5.69 Å². The van der Waals surface area contributed by atoms with Gasteiger partial charge in [-0.1, -0.05) is 36.8 Å². The summed E-state index contributed by atoms with van der Waals surface area (Å²) in [7, 11) is -3.66. The van der Waals surface area contributed by atoms with Crippen molar-refractivity contribution in [1.82, 2.24) is 8.61 Å². The predicted molar refractivity (Wildman–Crippen MR) is 116 cm³/mol. The molecular weight excluding hydrogens is 386 g/mol. The van der Waals surface area contributed by atoms with Crippen molar-refractivity contribution in [2.45, 2.75) is 40.7 Å². The lowest BCUT2D eigenvalue weighted by atomic mass is 10.00. The van der Waals surface area contributed by atoms with Crippen molar-refractivity contribution >= 4 is 21.8 Å². The first-order chi connectivity index (χ1) is 13.7. The lowest BCUT2D eigenvalue weighted by Crippen LogP contribution is -2.38. The van der Waals surface area contributed by atoms with Gasteiger partial charge in [-0.05, 0) is 61.6 Å². The summed E-state index contributed by atoms with van der Waals surface area (Å²) < 4.78 is 28.6. The third kappa shape index (κ3) is 4.86. The molecule has 0 atom stereocenters. The molecule has 1 heterocycles. The number of hydrogen-bond donors (Lipinski definition) is 1. The van der Waals surface area contributed by atoms with Gasteiger partial charge in [0.15, 0.2) is 0 Å². The quantitative estimate of drug-likeness (QED) is 0.788. The van der Waals surface area contributed by atoms with Crippen LogP contribution in [0, 0.1) is 20.8 Å². The third-order valence-electron chi connectivity index (χ3n) is 5.37. The number of amides is 1. The molecule has 0 aliphatic carbocycles. The van der Waals surface area contributed by atoms with E-state index in [4.69, 9.17) is 0 Å². The molecule has 1 saturated heterocycles. The standard InChI is InChI=1S/C22H29N3O3S/c1-5-19-7-6-8-20(13-19)23-22(26)15-25-10-9-24(29(25,27)28)14-21-17(3)11-16(2)12-18(21)4/h6-8,11-13H,5,9-10,14-15H2,1-4H3,(H,23,26). The summed E-state index contributed by atoms with van der Waals surface area (Å²) in [6.07, 6.45) is 0.872. The number of carbonyl (C=O) groups is 1. The molecule has 29 heavy (non-hydrogen) atoms. The number of hydrogen-bond acceptors (Lipinski definition) is 3. The molecule has 1 aliphatic heterocycles. The highest BCUT2D eigenvalue weighted by atomic mass is 32.2. The summed E-state index contributed by atoms with van der Waals surface area (Å²) in [6.45, 7) is 8.94. The van der Waals surface area contributed by atoms with Gasteiger partial charge in [-0.3, -0.25) is 4.79 Å². The van der Waals surface area contributed by atoms with E-state index in [1.54, 1.807) is 0 Å². The Morgan fingerprint density at radius 2 is 1.69 bits per heavy atom. The van der Waals surface area contributed by atoms with E-state index in [0.29, 0.717) is 25.3 Å². The summed E-state index contributed by atoms with van der Waals surface area (Å²) in [5.74, 6) is -0.327. The highest BCUT2D eigenvalue weighted by Gasteiger charge is 2.37. The molecule has 0 bridgehead atoms. The Balaban J connectivity index is 1.68. The first-order valence-corrected chi connectivity index (χ1v) is 11.3. The van der Waals surface area contributed by atoms with Crippen molar-refractivity contribution in [3.05, 3.63) is 64.2 Å². The molecule has 7 heteroatoms. The molecule has 1 aliphatic rings. The number of rotatable bonds is 6. The fourth-order valence-electron chi connectivity index (χ4n) is 3.80. The summed E-state index contributed by atoms with van der Waals surface area (Å²) in [4.78, 5) is 12.4. The number of benzene rings is 2. The Bertz CT molecular complexity index is 995. The van der Waals surface area contributed by atoms with E-state index in [9.17, 15) is 13.2 Å². The van der Waals surface area contributed by atoms with Crippen LogP contribution >= 0.6 is 0 Å². The SMILES string of the molecule is CCc1cccc(NC(=O)CN2CCN(Cc3c(C)cc(C)cc3C)S2(=O)=O)c1. The third-order valence-corrected chi connectivity index (χ3v) is 7.29. The number of aryl methyl sites for hydroxylation is 4. The lowest BCUT2D eigenvalue weighted by Gasteiger charge is -2.20. The molecule has 2 aromatic carbocycles. The summed E-state index contributed by atoms with van der Waals surface area (Å²) in [5.41, 5.74) is 6.18. The van der Waals surface area contributed by atoms with E-state index in [1.165, 1.54) is 14.2 Å². The Morgan fingerprint density at radius 1 is 1.03 bits per heavy atom. The van der Waals surface area contributed by atoms with E-state index in [1.807, 2.05) is 52.0 Å². The van der Waals surface area contributed by atoms with Crippen LogP contribution in [-0.2, 0) is 28.0 Å². The maximum atomic E-state index is 12.9. The smallest absolute Gasteiger partial charge is 0.282 e. The fourth-order valence-corrected chi connectivity index (χ4v) is 5.33. The van der Waals surface area contributed by atoms with Crippen LogP contribution in [-0.4, -0.2) is 42.6 Å². The molecule has 0 unspecified atom stereocenters. The molecule has 2 aromatic rings. The number of nitrogens with zero attached hydrogens (tertiary/aromatic N) is 2. The van der Waals surface area contributed by atoms with Crippen LogP contribution in [0.3, 0.4) is 0 Å². The molecule has 0 aromatic heterocycles. The first kappa shape index (κ1) is 21.5. The minimum absolute atomic E-state index is 0.180. The maximum absolute atomic E-state index is 12.9. The molecule has 0 saturated carbocycles. The molecule has 1 fully saturated rings. The number of nitrogens with one attached hydrogen (secondary N) is 1. The fraction of sp³-hybridized carbons (Fsp3) is 0.409. The highest BCUT2D eigenvalue weighted by Crippen LogP contribution is 2.24. The van der Waals surface area contributed by atoms with Crippen molar-refractivity contribution in [3.8, 4) is 0 Å². The van der Waals surface area contributed by atoms with E-state index >= 15 is 0 Å². The van der Waals surface area contributed by atoms with Crippen molar-refractivity contribution in [3.63, 3.8) is 0 Å². The Hall–Kier alpha value is -2.22. The minimum atomic E-state index is -3.66. The second kappa shape index (κ2) is 8.65. The molecule has 1 amide bonds. The van der Waals surface area contributed by atoms with E-state index in [2.05, 4.69) is 17.4 Å². The van der Waals surface area contributed by atoms with Crippen molar-refractivity contribution in [2.75, 3.05) is 25.0 Å². The summed E-state index contributed by atoms with van der Waals surface area (Å²) >= 11 is 0. The average molecular weight is 416 g/mol. The molecule has 0 spiro atoms. The van der Waals surface area contributed by atoms with E-state index < -0.39 is 10.2 Å². The zero-order chi connectivity index (χ0) is 21.2. The first-order valence-electron chi connectivity index (χ1n) is 9.91. The Morgan fingerprint density at radius 3 is 2.34 bits per heavy atom. The number of anilines is 1. The predicted octanol–water partition coefficient (Wildman–Crippen LogP) is 3.18. The van der Waals surface area contributed by atoms with Crippen molar-refractivity contribution in [1.29, 1.82) is 0 Å². The van der Waals surface area contributed by atoms with E-state index in [0.717, 1.165) is 28.7 Å². The van der Waals surface area contributed by atoms with Crippen molar-refractivity contribution in [2.24, 2.45) is 0 Å².